The first-order valence-corrected chi connectivity index (χ1v) is 6.63. The summed E-state index contributed by atoms with van der Waals surface area (Å²) in [5.74, 6) is 0.723. The van der Waals surface area contributed by atoms with E-state index in [0.29, 0.717) is 0 Å². The van der Waals surface area contributed by atoms with E-state index in [4.69, 9.17) is 0 Å². The molecule has 1 aromatic carbocycles. The van der Waals surface area contributed by atoms with Gasteiger partial charge in [0, 0.05) is 0 Å². The normalized spacial score (nSPS) is 19.2. The molecule has 0 spiro atoms. The molecule has 1 unspecified atom stereocenters. The Morgan fingerprint density at radius 1 is 1.28 bits per heavy atom. The zero-order valence-electron chi connectivity index (χ0n) is 10.6. The van der Waals surface area contributed by atoms with E-state index in [-0.39, 0.29) is 11.9 Å². The maximum Gasteiger partial charge on any atom is 0.125 e. The summed E-state index contributed by atoms with van der Waals surface area (Å²) in [5.41, 5.74) is 1.63. The van der Waals surface area contributed by atoms with E-state index in [2.05, 4.69) is 21.8 Å². The van der Waals surface area contributed by atoms with Crippen LogP contribution in [0, 0.1) is 5.82 Å². The molecule has 1 saturated heterocycles. The van der Waals surface area contributed by atoms with Crippen molar-refractivity contribution >= 4 is 11.0 Å². The second kappa shape index (κ2) is 4.69. The molecule has 1 N–H and O–H groups in total. The van der Waals surface area contributed by atoms with Crippen LogP contribution in [-0.4, -0.2) is 28.0 Å². The maximum absolute atomic E-state index is 13.1. The number of likely N-dealkylation sites (tertiary alicyclic amines) is 1. The summed E-state index contributed by atoms with van der Waals surface area (Å²) in [6.07, 6.45) is 3.85. The summed E-state index contributed by atoms with van der Waals surface area (Å²) in [6, 6.07) is 4.97. The molecule has 2 aromatic rings. The number of nitrogens with zero attached hydrogens (tertiary/aromatic N) is 2. The highest BCUT2D eigenvalue weighted by Crippen LogP contribution is 2.24. The van der Waals surface area contributed by atoms with Crippen molar-refractivity contribution in [2.24, 2.45) is 0 Å². The number of rotatable bonds is 2. The van der Waals surface area contributed by atoms with Gasteiger partial charge < -0.3 is 4.98 Å². The third-order valence-electron chi connectivity index (χ3n) is 3.80. The van der Waals surface area contributed by atoms with E-state index in [1.165, 1.54) is 31.4 Å². The molecule has 0 aliphatic carbocycles. The van der Waals surface area contributed by atoms with E-state index in [9.17, 15) is 4.39 Å². The Balaban J connectivity index is 1.88. The zero-order chi connectivity index (χ0) is 12.5. The van der Waals surface area contributed by atoms with Gasteiger partial charge in [0.15, 0.2) is 0 Å². The molecular formula is C14H18FN3. The van der Waals surface area contributed by atoms with Crippen molar-refractivity contribution in [1.29, 1.82) is 0 Å². The lowest BCUT2D eigenvalue weighted by Gasteiger charge is -2.31. The van der Waals surface area contributed by atoms with Crippen molar-refractivity contribution in [2.45, 2.75) is 32.2 Å². The number of aromatic amines is 1. The van der Waals surface area contributed by atoms with Gasteiger partial charge in [-0.15, -0.1) is 0 Å². The van der Waals surface area contributed by atoms with Crippen LogP contribution in [0.2, 0.25) is 0 Å². The predicted octanol–water partition coefficient (Wildman–Crippen LogP) is 3.25. The zero-order valence-corrected chi connectivity index (χ0v) is 10.6. The van der Waals surface area contributed by atoms with Crippen LogP contribution >= 0.6 is 0 Å². The summed E-state index contributed by atoms with van der Waals surface area (Å²) in [6.45, 7) is 4.43. The first-order valence-electron chi connectivity index (χ1n) is 6.63. The number of benzene rings is 1. The lowest BCUT2D eigenvalue weighted by molar-refractivity contribution is 0.169. The smallest absolute Gasteiger partial charge is 0.125 e. The van der Waals surface area contributed by atoms with Gasteiger partial charge in [-0.3, -0.25) is 4.90 Å². The molecule has 2 heterocycles. The number of hydrogen-bond donors (Lipinski definition) is 1. The van der Waals surface area contributed by atoms with Gasteiger partial charge in [0.1, 0.15) is 11.6 Å². The Morgan fingerprint density at radius 2 is 2.06 bits per heavy atom. The Bertz CT molecular complexity index is 543. The van der Waals surface area contributed by atoms with Crippen molar-refractivity contribution in [3.05, 3.63) is 29.8 Å². The standard InChI is InChI=1S/C14H18FN3/c1-10(18-7-3-2-4-8-18)14-16-12-6-5-11(15)9-13(12)17-14/h5-6,9-10H,2-4,7-8H2,1H3,(H,16,17). The Labute approximate surface area is 106 Å². The molecule has 0 amide bonds. The minimum absolute atomic E-state index is 0.219. The number of aromatic nitrogens is 2. The molecule has 1 atom stereocenters. The number of imidazole rings is 1. The van der Waals surface area contributed by atoms with Crippen LogP contribution in [-0.2, 0) is 0 Å². The monoisotopic (exact) mass is 247 g/mol. The van der Waals surface area contributed by atoms with Crippen molar-refractivity contribution < 1.29 is 4.39 Å². The average molecular weight is 247 g/mol. The Kier molecular flexibility index (Phi) is 3.04. The highest BCUT2D eigenvalue weighted by molar-refractivity contribution is 5.75. The van der Waals surface area contributed by atoms with Gasteiger partial charge >= 0.3 is 0 Å². The highest BCUT2D eigenvalue weighted by atomic mass is 19.1. The minimum Gasteiger partial charge on any atom is -0.341 e. The second-order valence-electron chi connectivity index (χ2n) is 5.06. The molecule has 96 valence electrons. The lowest BCUT2D eigenvalue weighted by atomic mass is 10.1. The number of nitrogens with one attached hydrogen (secondary N) is 1. The van der Waals surface area contributed by atoms with Crippen LogP contribution in [0.5, 0.6) is 0 Å². The summed E-state index contributed by atoms with van der Waals surface area (Å²) < 4.78 is 13.1. The van der Waals surface area contributed by atoms with Crippen LogP contribution in [0.3, 0.4) is 0 Å². The third-order valence-corrected chi connectivity index (χ3v) is 3.80. The van der Waals surface area contributed by atoms with E-state index in [1.807, 2.05) is 0 Å². The number of hydrogen-bond acceptors (Lipinski definition) is 2. The molecule has 0 radical (unpaired) electrons. The van der Waals surface area contributed by atoms with Crippen LogP contribution in [0.25, 0.3) is 11.0 Å². The van der Waals surface area contributed by atoms with Gasteiger partial charge in [-0.05, 0) is 51.1 Å². The SMILES string of the molecule is CC(c1nc2ccc(F)cc2[nH]1)N1CCCCC1. The molecule has 0 bridgehead atoms. The lowest BCUT2D eigenvalue weighted by Crippen LogP contribution is -2.32. The fraction of sp³-hybridized carbons (Fsp3) is 0.500. The van der Waals surface area contributed by atoms with Crippen molar-refractivity contribution in [3.63, 3.8) is 0 Å². The van der Waals surface area contributed by atoms with Gasteiger partial charge in [-0.2, -0.15) is 0 Å². The maximum atomic E-state index is 13.1. The molecule has 4 heteroatoms. The van der Waals surface area contributed by atoms with Gasteiger partial charge in [-0.1, -0.05) is 6.42 Å². The van der Waals surface area contributed by atoms with E-state index in [1.54, 1.807) is 6.07 Å². The predicted molar refractivity (Wildman–Crippen MR) is 69.9 cm³/mol. The van der Waals surface area contributed by atoms with Crippen molar-refractivity contribution in [1.82, 2.24) is 14.9 Å². The van der Waals surface area contributed by atoms with E-state index >= 15 is 0 Å². The number of piperidine rings is 1. The summed E-state index contributed by atoms with van der Waals surface area (Å²) in [5, 5.41) is 0. The Hall–Kier alpha value is -1.42. The molecule has 3 rings (SSSR count). The topological polar surface area (TPSA) is 31.9 Å². The Morgan fingerprint density at radius 3 is 2.83 bits per heavy atom. The average Bonchev–Trinajstić information content (AvgIpc) is 2.81. The fourth-order valence-electron chi connectivity index (χ4n) is 2.68. The summed E-state index contributed by atoms with van der Waals surface area (Å²) in [4.78, 5) is 10.2. The molecular weight excluding hydrogens is 229 g/mol. The van der Waals surface area contributed by atoms with Crippen molar-refractivity contribution in [2.75, 3.05) is 13.1 Å². The van der Waals surface area contributed by atoms with Gasteiger partial charge in [0.2, 0.25) is 0 Å². The number of fused-ring (bicyclic) bond motifs is 1. The molecule has 1 aromatic heterocycles. The third kappa shape index (κ3) is 2.12. The van der Waals surface area contributed by atoms with Crippen LogP contribution in [0.4, 0.5) is 4.39 Å². The quantitative estimate of drug-likeness (QED) is 0.883. The van der Waals surface area contributed by atoms with Crippen molar-refractivity contribution in [3.8, 4) is 0 Å². The largest absolute Gasteiger partial charge is 0.341 e. The van der Waals surface area contributed by atoms with Gasteiger partial charge in [0.05, 0.1) is 17.1 Å². The van der Waals surface area contributed by atoms with E-state index < -0.39 is 0 Å². The summed E-state index contributed by atoms with van der Waals surface area (Å²) in [7, 11) is 0. The van der Waals surface area contributed by atoms with Crippen LogP contribution in [0.1, 0.15) is 38.1 Å². The first-order chi connectivity index (χ1) is 8.74. The second-order valence-corrected chi connectivity index (χ2v) is 5.06. The minimum atomic E-state index is -0.219. The molecule has 1 fully saturated rings. The fourth-order valence-corrected chi connectivity index (χ4v) is 2.68. The van der Waals surface area contributed by atoms with E-state index in [0.717, 1.165) is 29.9 Å². The number of halogens is 1. The molecule has 0 saturated carbocycles. The molecule has 1 aliphatic rings. The first kappa shape index (κ1) is 11.7. The van der Waals surface area contributed by atoms with Crippen LogP contribution < -0.4 is 0 Å². The van der Waals surface area contributed by atoms with Gasteiger partial charge in [-0.25, -0.2) is 9.37 Å². The number of H-pyrrole nitrogens is 1. The highest BCUT2D eigenvalue weighted by Gasteiger charge is 2.20. The molecule has 1 aliphatic heterocycles. The molecule has 18 heavy (non-hydrogen) atoms. The van der Waals surface area contributed by atoms with Gasteiger partial charge in [0.25, 0.3) is 0 Å². The van der Waals surface area contributed by atoms with Crippen LogP contribution in [0.15, 0.2) is 18.2 Å². The summed E-state index contributed by atoms with van der Waals surface area (Å²) >= 11 is 0. The molecule has 3 nitrogen and oxygen atoms in total.